The first kappa shape index (κ1) is 15.5. The number of benzene rings is 1. The number of hydrogen-bond donors (Lipinski definition) is 1. The van der Waals surface area contributed by atoms with Crippen molar-refractivity contribution in [3.63, 3.8) is 0 Å². The second-order valence-corrected chi connectivity index (χ2v) is 6.40. The van der Waals surface area contributed by atoms with Crippen LogP contribution in [0.4, 0.5) is 0 Å². The van der Waals surface area contributed by atoms with Crippen LogP contribution in [-0.4, -0.2) is 48.0 Å². The minimum absolute atomic E-state index is 0.222. The summed E-state index contributed by atoms with van der Waals surface area (Å²) in [5.74, 6) is 0. The Morgan fingerprint density at radius 1 is 1.25 bits per heavy atom. The van der Waals surface area contributed by atoms with Crippen molar-refractivity contribution < 1.29 is 9.84 Å². The van der Waals surface area contributed by atoms with Gasteiger partial charge in [0.05, 0.1) is 19.3 Å². The Labute approximate surface area is 122 Å². The van der Waals surface area contributed by atoms with Crippen molar-refractivity contribution in [3.05, 3.63) is 34.9 Å². The Morgan fingerprint density at radius 3 is 2.55 bits per heavy atom. The molecule has 112 valence electrons. The van der Waals surface area contributed by atoms with Crippen molar-refractivity contribution in [2.45, 2.75) is 45.8 Å². The first-order valence-corrected chi connectivity index (χ1v) is 7.48. The third kappa shape index (κ3) is 3.40. The molecule has 0 radical (unpaired) electrons. The highest BCUT2D eigenvalue weighted by Crippen LogP contribution is 2.24. The van der Waals surface area contributed by atoms with E-state index in [9.17, 15) is 5.11 Å². The maximum absolute atomic E-state index is 10.7. The summed E-state index contributed by atoms with van der Waals surface area (Å²) in [6, 6.07) is 6.45. The number of aliphatic hydroxyl groups excluding tert-OH is 1. The molecule has 1 aromatic rings. The van der Waals surface area contributed by atoms with Crippen molar-refractivity contribution in [1.82, 2.24) is 4.90 Å². The van der Waals surface area contributed by atoms with Crippen molar-refractivity contribution in [2.24, 2.45) is 0 Å². The molecule has 0 spiro atoms. The summed E-state index contributed by atoms with van der Waals surface area (Å²) in [4.78, 5) is 2.34. The number of morpholine rings is 1. The largest absolute Gasteiger partial charge is 0.391 e. The van der Waals surface area contributed by atoms with Crippen molar-refractivity contribution >= 4 is 0 Å². The summed E-state index contributed by atoms with van der Waals surface area (Å²) in [6.07, 6.45) is 0.332. The van der Waals surface area contributed by atoms with Gasteiger partial charge in [0.1, 0.15) is 0 Å². The summed E-state index contributed by atoms with van der Waals surface area (Å²) < 4.78 is 5.40. The van der Waals surface area contributed by atoms with Crippen LogP contribution in [0.3, 0.4) is 0 Å². The second kappa shape index (κ2) is 6.25. The highest BCUT2D eigenvalue weighted by molar-refractivity contribution is 5.31. The van der Waals surface area contributed by atoms with Gasteiger partial charge in [-0.05, 0) is 38.8 Å². The molecular weight excluding hydrogens is 250 g/mol. The lowest BCUT2D eigenvalue weighted by molar-refractivity contribution is -0.0612. The fourth-order valence-electron chi connectivity index (χ4n) is 2.83. The zero-order valence-corrected chi connectivity index (χ0v) is 13.1. The van der Waals surface area contributed by atoms with E-state index in [0.29, 0.717) is 6.42 Å². The van der Waals surface area contributed by atoms with E-state index in [1.807, 2.05) is 0 Å². The third-order valence-electron chi connectivity index (χ3n) is 4.56. The molecule has 0 saturated carbocycles. The molecule has 1 aliphatic rings. The van der Waals surface area contributed by atoms with Gasteiger partial charge < -0.3 is 9.84 Å². The van der Waals surface area contributed by atoms with Gasteiger partial charge in [-0.1, -0.05) is 23.8 Å². The molecule has 0 bridgehead atoms. The second-order valence-electron chi connectivity index (χ2n) is 6.40. The van der Waals surface area contributed by atoms with Gasteiger partial charge in [-0.3, -0.25) is 4.90 Å². The average Bonchev–Trinajstić information content (AvgIpc) is 2.43. The van der Waals surface area contributed by atoms with E-state index in [1.54, 1.807) is 0 Å². The lowest BCUT2D eigenvalue weighted by Crippen LogP contribution is -2.56. The molecule has 1 atom stereocenters. The van der Waals surface area contributed by atoms with Gasteiger partial charge in [-0.15, -0.1) is 0 Å². The third-order valence-corrected chi connectivity index (χ3v) is 4.56. The van der Waals surface area contributed by atoms with Gasteiger partial charge in [0.15, 0.2) is 0 Å². The Bertz CT molecular complexity index is 450. The fourth-order valence-corrected chi connectivity index (χ4v) is 2.83. The summed E-state index contributed by atoms with van der Waals surface area (Å²) in [5.41, 5.74) is 3.54. The summed E-state index contributed by atoms with van der Waals surface area (Å²) in [7, 11) is 0. The van der Waals surface area contributed by atoms with E-state index < -0.39 is 0 Å². The van der Waals surface area contributed by atoms with Crippen molar-refractivity contribution in [3.8, 4) is 0 Å². The van der Waals surface area contributed by atoms with Crippen molar-refractivity contribution in [2.75, 3.05) is 26.3 Å². The molecule has 1 aromatic carbocycles. The molecule has 0 aliphatic carbocycles. The van der Waals surface area contributed by atoms with Crippen LogP contribution in [0.1, 0.15) is 30.5 Å². The van der Waals surface area contributed by atoms with Crippen LogP contribution in [0.5, 0.6) is 0 Å². The SMILES string of the molecule is Cc1ccc(C)c(CC(O)C(C)(C)N2CCOCC2)c1. The number of aliphatic hydroxyl groups is 1. The zero-order valence-electron chi connectivity index (χ0n) is 13.1. The molecule has 3 nitrogen and oxygen atoms in total. The maximum atomic E-state index is 10.7. The highest BCUT2D eigenvalue weighted by Gasteiger charge is 2.35. The Hall–Kier alpha value is -0.900. The first-order valence-electron chi connectivity index (χ1n) is 7.48. The van der Waals surface area contributed by atoms with Crippen molar-refractivity contribution in [1.29, 1.82) is 0 Å². The molecule has 1 saturated heterocycles. The molecule has 2 rings (SSSR count). The summed E-state index contributed by atoms with van der Waals surface area (Å²) >= 11 is 0. The molecule has 1 unspecified atom stereocenters. The molecule has 0 amide bonds. The average molecular weight is 277 g/mol. The smallest absolute Gasteiger partial charge is 0.0758 e. The van der Waals surface area contributed by atoms with E-state index in [4.69, 9.17) is 4.74 Å². The zero-order chi connectivity index (χ0) is 14.8. The normalized spacial score (nSPS) is 19.1. The molecule has 1 heterocycles. The van der Waals surface area contributed by atoms with Gasteiger partial charge in [-0.25, -0.2) is 0 Å². The standard InChI is InChI=1S/C17H27NO2/c1-13-5-6-14(2)15(11-13)12-16(19)17(3,4)18-7-9-20-10-8-18/h5-6,11,16,19H,7-10,12H2,1-4H3. The minimum atomic E-state index is -0.374. The number of ether oxygens (including phenoxy) is 1. The number of nitrogens with zero attached hydrogens (tertiary/aromatic N) is 1. The van der Waals surface area contributed by atoms with E-state index >= 15 is 0 Å². The van der Waals surface area contributed by atoms with Crippen LogP contribution in [0.2, 0.25) is 0 Å². The monoisotopic (exact) mass is 277 g/mol. The number of hydrogen-bond acceptors (Lipinski definition) is 3. The van der Waals surface area contributed by atoms with Crippen LogP contribution in [0.15, 0.2) is 18.2 Å². The van der Waals surface area contributed by atoms with Crippen LogP contribution in [-0.2, 0) is 11.2 Å². The van der Waals surface area contributed by atoms with E-state index in [1.165, 1.54) is 16.7 Å². The van der Waals surface area contributed by atoms with Crippen LogP contribution in [0, 0.1) is 13.8 Å². The van der Waals surface area contributed by atoms with Crippen LogP contribution < -0.4 is 0 Å². The van der Waals surface area contributed by atoms with E-state index in [-0.39, 0.29) is 11.6 Å². The Kier molecular flexibility index (Phi) is 4.84. The summed E-state index contributed by atoms with van der Waals surface area (Å²) in [6.45, 7) is 11.8. The van der Waals surface area contributed by atoms with Gasteiger partial charge >= 0.3 is 0 Å². The Balaban J connectivity index is 2.09. The molecular formula is C17H27NO2. The highest BCUT2D eigenvalue weighted by atomic mass is 16.5. The quantitative estimate of drug-likeness (QED) is 0.917. The molecule has 3 heteroatoms. The van der Waals surface area contributed by atoms with E-state index in [0.717, 1.165) is 26.3 Å². The summed E-state index contributed by atoms with van der Waals surface area (Å²) in [5, 5.41) is 10.7. The maximum Gasteiger partial charge on any atom is 0.0758 e. The fraction of sp³-hybridized carbons (Fsp3) is 0.647. The van der Waals surface area contributed by atoms with Crippen LogP contribution in [0.25, 0.3) is 0 Å². The predicted octanol–water partition coefficient (Wildman–Crippen LogP) is 2.32. The lowest BCUT2D eigenvalue weighted by atomic mass is 9.88. The van der Waals surface area contributed by atoms with Gasteiger partial charge in [0.2, 0.25) is 0 Å². The Morgan fingerprint density at radius 2 is 1.90 bits per heavy atom. The molecule has 1 fully saturated rings. The van der Waals surface area contributed by atoms with Gasteiger partial charge in [0.25, 0.3) is 0 Å². The number of aryl methyl sites for hydroxylation is 2. The topological polar surface area (TPSA) is 32.7 Å². The lowest BCUT2D eigenvalue weighted by Gasteiger charge is -2.44. The minimum Gasteiger partial charge on any atom is -0.391 e. The first-order chi connectivity index (χ1) is 9.41. The predicted molar refractivity (Wildman–Crippen MR) is 82.1 cm³/mol. The van der Waals surface area contributed by atoms with Crippen LogP contribution >= 0.6 is 0 Å². The molecule has 20 heavy (non-hydrogen) atoms. The molecule has 1 N–H and O–H groups in total. The van der Waals surface area contributed by atoms with Gasteiger partial charge in [-0.2, -0.15) is 0 Å². The van der Waals surface area contributed by atoms with E-state index in [2.05, 4.69) is 50.8 Å². The molecule has 0 aromatic heterocycles. The number of rotatable bonds is 4. The van der Waals surface area contributed by atoms with Gasteiger partial charge in [0, 0.05) is 25.0 Å². The molecule has 1 aliphatic heterocycles.